The molecule has 0 aliphatic carbocycles. The monoisotopic (exact) mass is 428 g/mol. The zero-order valence-electron chi connectivity index (χ0n) is 17.1. The van der Waals surface area contributed by atoms with Crippen LogP contribution in [-0.4, -0.2) is 43.0 Å². The van der Waals surface area contributed by atoms with Crippen LogP contribution in [0.1, 0.15) is 19.4 Å². The summed E-state index contributed by atoms with van der Waals surface area (Å²) < 4.78 is 16.5. The summed E-state index contributed by atoms with van der Waals surface area (Å²) in [5.74, 6) is 1.54. The molecule has 2 amide bonds. The Balaban J connectivity index is 1.75. The van der Waals surface area contributed by atoms with Gasteiger partial charge in [-0.25, -0.2) is 0 Å². The Hall–Kier alpha value is -3.13. The van der Waals surface area contributed by atoms with Gasteiger partial charge < -0.3 is 19.5 Å². The van der Waals surface area contributed by atoms with E-state index >= 15 is 0 Å². The van der Waals surface area contributed by atoms with E-state index in [-0.39, 0.29) is 17.8 Å². The number of anilines is 1. The Morgan fingerprint density at radius 3 is 2.47 bits per heavy atom. The average Bonchev–Trinajstić information content (AvgIpc) is 3.01. The number of nitrogens with one attached hydrogen (secondary N) is 1. The molecule has 8 heteroatoms. The number of methoxy groups -OCH3 is 1. The summed E-state index contributed by atoms with van der Waals surface area (Å²) in [6.45, 7) is 4.86. The highest BCUT2D eigenvalue weighted by Gasteiger charge is 2.35. The van der Waals surface area contributed by atoms with Crippen LogP contribution in [0.5, 0.6) is 17.2 Å². The number of ether oxygens (including phenoxy) is 3. The van der Waals surface area contributed by atoms with Crippen LogP contribution in [0.2, 0.25) is 0 Å². The molecule has 1 fully saturated rings. The van der Waals surface area contributed by atoms with Crippen LogP contribution < -0.4 is 19.5 Å². The number of hydrogen-bond donors (Lipinski definition) is 1. The molecule has 1 heterocycles. The summed E-state index contributed by atoms with van der Waals surface area (Å²) in [7, 11) is 1.57. The SMILES string of the molecule is CCOc1ccc(/C=C2\SC(=O)N(CNc3ccccc3OC)C2=O)cc1OCC. The molecular weight excluding hydrogens is 404 g/mol. The molecule has 30 heavy (non-hydrogen) atoms. The van der Waals surface area contributed by atoms with Gasteiger partial charge in [-0.3, -0.25) is 14.5 Å². The van der Waals surface area contributed by atoms with Gasteiger partial charge in [0.1, 0.15) is 5.75 Å². The van der Waals surface area contributed by atoms with Crippen molar-refractivity contribution in [3.63, 3.8) is 0 Å². The zero-order valence-corrected chi connectivity index (χ0v) is 18.0. The number of imide groups is 1. The van der Waals surface area contributed by atoms with Gasteiger partial charge in [-0.2, -0.15) is 0 Å². The number of nitrogens with zero attached hydrogens (tertiary/aromatic N) is 1. The van der Waals surface area contributed by atoms with E-state index in [1.807, 2.05) is 38.1 Å². The Kier molecular flexibility index (Phi) is 7.24. The van der Waals surface area contributed by atoms with Gasteiger partial charge in [0.05, 0.1) is 37.6 Å². The molecule has 1 saturated heterocycles. The Labute approximate surface area is 180 Å². The predicted octanol–water partition coefficient (Wildman–Crippen LogP) is 4.60. The van der Waals surface area contributed by atoms with Crippen molar-refractivity contribution in [1.29, 1.82) is 0 Å². The van der Waals surface area contributed by atoms with E-state index in [0.717, 1.165) is 17.3 Å². The number of benzene rings is 2. The third-order valence-electron chi connectivity index (χ3n) is 4.27. The quantitative estimate of drug-likeness (QED) is 0.585. The predicted molar refractivity (Wildman–Crippen MR) is 118 cm³/mol. The van der Waals surface area contributed by atoms with Gasteiger partial charge in [-0.05, 0) is 61.5 Å². The first kappa shape index (κ1) is 21.6. The molecule has 1 aliphatic rings. The van der Waals surface area contributed by atoms with Crippen LogP contribution in [0.25, 0.3) is 6.08 Å². The highest BCUT2D eigenvalue weighted by molar-refractivity contribution is 8.18. The lowest BCUT2D eigenvalue weighted by atomic mass is 10.2. The highest BCUT2D eigenvalue weighted by atomic mass is 32.2. The van der Waals surface area contributed by atoms with Gasteiger partial charge in [0, 0.05) is 0 Å². The number of rotatable bonds is 9. The number of thioether (sulfide) groups is 1. The van der Waals surface area contributed by atoms with E-state index in [4.69, 9.17) is 14.2 Å². The maximum atomic E-state index is 12.8. The summed E-state index contributed by atoms with van der Waals surface area (Å²) in [6, 6.07) is 12.7. The number of hydrogen-bond acceptors (Lipinski definition) is 7. The second-order valence-electron chi connectivity index (χ2n) is 6.22. The maximum Gasteiger partial charge on any atom is 0.295 e. The zero-order chi connectivity index (χ0) is 21.5. The van der Waals surface area contributed by atoms with Crippen LogP contribution in [0.4, 0.5) is 10.5 Å². The highest BCUT2D eigenvalue weighted by Crippen LogP contribution is 2.35. The molecule has 3 rings (SSSR count). The van der Waals surface area contributed by atoms with E-state index in [1.165, 1.54) is 4.90 Å². The second kappa shape index (κ2) is 10.1. The van der Waals surface area contributed by atoms with E-state index in [2.05, 4.69) is 5.32 Å². The molecular formula is C22H24N2O5S. The first-order chi connectivity index (χ1) is 14.6. The third-order valence-corrected chi connectivity index (χ3v) is 5.18. The molecule has 0 radical (unpaired) electrons. The fourth-order valence-corrected chi connectivity index (χ4v) is 3.74. The summed E-state index contributed by atoms with van der Waals surface area (Å²) in [4.78, 5) is 26.7. The van der Waals surface area contributed by atoms with Gasteiger partial charge in [0.25, 0.3) is 11.1 Å². The molecule has 0 spiro atoms. The van der Waals surface area contributed by atoms with Crippen molar-refractivity contribution in [3.8, 4) is 17.2 Å². The number of amides is 2. The standard InChI is InChI=1S/C22H24N2O5S/c1-4-28-18-11-10-15(12-19(18)29-5-2)13-20-21(25)24(22(26)30-20)14-23-16-8-6-7-9-17(16)27-3/h6-13,23H,4-5,14H2,1-3H3/b20-13-. The minimum Gasteiger partial charge on any atom is -0.495 e. The fraction of sp³-hybridized carbons (Fsp3) is 0.273. The molecule has 0 saturated carbocycles. The van der Waals surface area contributed by atoms with E-state index in [1.54, 1.807) is 31.4 Å². The first-order valence-corrected chi connectivity index (χ1v) is 10.4. The number of carbonyl (C=O) groups excluding carboxylic acids is 2. The summed E-state index contributed by atoms with van der Waals surface area (Å²) in [6.07, 6.45) is 1.69. The summed E-state index contributed by atoms with van der Waals surface area (Å²) in [5, 5.41) is 2.75. The van der Waals surface area contributed by atoms with Crippen molar-refractivity contribution in [2.75, 3.05) is 32.3 Å². The topological polar surface area (TPSA) is 77.1 Å². The van der Waals surface area contributed by atoms with Crippen molar-refractivity contribution < 1.29 is 23.8 Å². The molecule has 2 aromatic rings. The molecule has 7 nitrogen and oxygen atoms in total. The second-order valence-corrected chi connectivity index (χ2v) is 7.21. The van der Waals surface area contributed by atoms with Crippen molar-refractivity contribution in [3.05, 3.63) is 52.9 Å². The lowest BCUT2D eigenvalue weighted by Gasteiger charge is -2.16. The Morgan fingerprint density at radius 2 is 1.73 bits per heavy atom. The smallest absolute Gasteiger partial charge is 0.295 e. The molecule has 158 valence electrons. The van der Waals surface area contributed by atoms with Crippen LogP contribution in [0.3, 0.4) is 0 Å². The molecule has 0 atom stereocenters. The van der Waals surface area contributed by atoms with Gasteiger partial charge in [0.15, 0.2) is 11.5 Å². The normalized spacial score (nSPS) is 14.9. The first-order valence-electron chi connectivity index (χ1n) is 9.59. The Bertz CT molecular complexity index is 960. The molecule has 0 aromatic heterocycles. The van der Waals surface area contributed by atoms with E-state index in [9.17, 15) is 9.59 Å². The van der Waals surface area contributed by atoms with Crippen LogP contribution >= 0.6 is 11.8 Å². The molecule has 1 aliphatic heterocycles. The van der Waals surface area contributed by atoms with Gasteiger partial charge in [0.2, 0.25) is 0 Å². The molecule has 1 N–H and O–H groups in total. The van der Waals surface area contributed by atoms with Crippen LogP contribution in [0.15, 0.2) is 47.4 Å². The van der Waals surface area contributed by atoms with Crippen molar-refractivity contribution in [1.82, 2.24) is 4.90 Å². The summed E-state index contributed by atoms with van der Waals surface area (Å²) >= 11 is 0.911. The fourth-order valence-electron chi connectivity index (χ4n) is 2.90. The molecule has 0 bridgehead atoms. The van der Waals surface area contributed by atoms with Crippen molar-refractivity contribution in [2.24, 2.45) is 0 Å². The van der Waals surface area contributed by atoms with E-state index in [0.29, 0.717) is 41.1 Å². The molecule has 2 aromatic carbocycles. The van der Waals surface area contributed by atoms with Crippen LogP contribution in [0, 0.1) is 0 Å². The van der Waals surface area contributed by atoms with Crippen molar-refractivity contribution >= 4 is 34.7 Å². The lowest BCUT2D eigenvalue weighted by molar-refractivity contribution is -0.122. The number of carbonyl (C=O) groups is 2. The largest absolute Gasteiger partial charge is 0.495 e. The minimum absolute atomic E-state index is 0.0514. The van der Waals surface area contributed by atoms with Crippen molar-refractivity contribution in [2.45, 2.75) is 13.8 Å². The average molecular weight is 429 g/mol. The van der Waals surface area contributed by atoms with Gasteiger partial charge in [-0.1, -0.05) is 18.2 Å². The molecule has 0 unspecified atom stereocenters. The lowest BCUT2D eigenvalue weighted by Crippen LogP contribution is -2.33. The van der Waals surface area contributed by atoms with Gasteiger partial charge >= 0.3 is 0 Å². The maximum absolute atomic E-state index is 12.8. The minimum atomic E-state index is -0.348. The summed E-state index contributed by atoms with van der Waals surface area (Å²) in [5.41, 5.74) is 1.46. The van der Waals surface area contributed by atoms with Gasteiger partial charge in [-0.15, -0.1) is 0 Å². The van der Waals surface area contributed by atoms with E-state index < -0.39 is 0 Å². The Morgan fingerprint density at radius 1 is 1.00 bits per heavy atom. The third kappa shape index (κ3) is 4.88. The van der Waals surface area contributed by atoms with Crippen LogP contribution in [-0.2, 0) is 4.79 Å². The number of para-hydroxylation sites is 2.